The van der Waals surface area contributed by atoms with Gasteiger partial charge in [-0.05, 0) is 38.1 Å². The molecule has 0 spiro atoms. The summed E-state index contributed by atoms with van der Waals surface area (Å²) in [6.45, 7) is 10.4. The summed E-state index contributed by atoms with van der Waals surface area (Å²) in [4.78, 5) is 16.6. The Morgan fingerprint density at radius 3 is 2.78 bits per heavy atom. The molecule has 0 aliphatic carbocycles. The number of halogens is 1. The molecule has 6 heteroatoms. The van der Waals surface area contributed by atoms with Gasteiger partial charge in [-0.15, -0.1) is 0 Å². The number of nitrogens with zero attached hydrogens (tertiary/aromatic N) is 4. The van der Waals surface area contributed by atoms with Gasteiger partial charge in [0.05, 0.1) is 23.6 Å². The average molecular weight is 389 g/mol. The van der Waals surface area contributed by atoms with Crippen LogP contribution in [0.2, 0.25) is 5.02 Å². The number of amides is 1. The van der Waals surface area contributed by atoms with E-state index in [-0.39, 0.29) is 5.91 Å². The summed E-state index contributed by atoms with van der Waals surface area (Å²) in [6.07, 6.45) is 2.62. The van der Waals surface area contributed by atoms with Crippen LogP contribution in [0.25, 0.3) is 5.69 Å². The van der Waals surface area contributed by atoms with Crippen molar-refractivity contribution in [1.82, 2.24) is 19.6 Å². The molecule has 5 nitrogen and oxygen atoms in total. The maximum absolute atomic E-state index is 12.3. The predicted octanol–water partition coefficient (Wildman–Crippen LogP) is 4.05. The van der Waals surface area contributed by atoms with E-state index in [1.54, 1.807) is 0 Å². The van der Waals surface area contributed by atoms with Gasteiger partial charge in [-0.3, -0.25) is 9.69 Å². The summed E-state index contributed by atoms with van der Waals surface area (Å²) >= 11 is 6.21. The predicted molar refractivity (Wildman–Crippen MR) is 109 cm³/mol. The number of carbonyl (C=O) groups excluding carboxylic acids is 1. The van der Waals surface area contributed by atoms with E-state index < -0.39 is 0 Å². The normalized spacial score (nSPS) is 14.2. The third kappa shape index (κ3) is 4.36. The van der Waals surface area contributed by atoms with E-state index in [1.165, 1.54) is 11.3 Å². The molecule has 1 aromatic carbocycles. The highest BCUT2D eigenvalue weighted by molar-refractivity contribution is 6.30. The molecule has 0 saturated carbocycles. The Morgan fingerprint density at radius 2 is 2.11 bits per heavy atom. The van der Waals surface area contributed by atoms with Crippen molar-refractivity contribution >= 4 is 17.5 Å². The van der Waals surface area contributed by atoms with Crippen LogP contribution in [0.15, 0.2) is 24.3 Å². The number of aromatic nitrogens is 2. The molecule has 0 bridgehead atoms. The molecule has 146 valence electrons. The van der Waals surface area contributed by atoms with Gasteiger partial charge in [0.25, 0.3) is 0 Å². The SMILES string of the molecule is CCCN1CCc2c(c(CN(CC)C(=O)CC)nn2-c2cccc(Cl)c2)C1. The van der Waals surface area contributed by atoms with E-state index in [9.17, 15) is 4.79 Å². The molecular weight excluding hydrogens is 360 g/mol. The highest BCUT2D eigenvalue weighted by atomic mass is 35.5. The molecule has 2 aromatic rings. The molecule has 3 rings (SSSR count). The molecule has 2 heterocycles. The zero-order valence-electron chi connectivity index (χ0n) is 16.5. The van der Waals surface area contributed by atoms with Crippen LogP contribution in [0.1, 0.15) is 50.6 Å². The van der Waals surface area contributed by atoms with Crippen molar-refractivity contribution in [2.45, 2.75) is 53.1 Å². The maximum Gasteiger partial charge on any atom is 0.222 e. The molecular formula is C21H29ClN4O. The summed E-state index contributed by atoms with van der Waals surface area (Å²) < 4.78 is 2.03. The van der Waals surface area contributed by atoms with Crippen molar-refractivity contribution in [3.8, 4) is 5.69 Å². The third-order valence-electron chi connectivity index (χ3n) is 5.19. The number of benzene rings is 1. The minimum absolute atomic E-state index is 0.171. The summed E-state index contributed by atoms with van der Waals surface area (Å²) in [5, 5.41) is 5.65. The maximum atomic E-state index is 12.3. The fourth-order valence-corrected chi connectivity index (χ4v) is 3.96. The monoisotopic (exact) mass is 388 g/mol. The van der Waals surface area contributed by atoms with Gasteiger partial charge in [-0.2, -0.15) is 5.10 Å². The van der Waals surface area contributed by atoms with Gasteiger partial charge >= 0.3 is 0 Å². The molecule has 1 aromatic heterocycles. The van der Waals surface area contributed by atoms with Crippen molar-refractivity contribution in [2.75, 3.05) is 19.6 Å². The Balaban J connectivity index is 2.00. The zero-order valence-corrected chi connectivity index (χ0v) is 17.3. The van der Waals surface area contributed by atoms with Gasteiger partial charge in [0.2, 0.25) is 5.91 Å². The van der Waals surface area contributed by atoms with Crippen LogP contribution in [0.5, 0.6) is 0 Å². The number of fused-ring (bicyclic) bond motifs is 1. The lowest BCUT2D eigenvalue weighted by molar-refractivity contribution is -0.131. The Bertz CT molecular complexity index is 801. The Morgan fingerprint density at radius 1 is 1.30 bits per heavy atom. The third-order valence-corrected chi connectivity index (χ3v) is 5.42. The molecule has 0 unspecified atom stereocenters. The van der Waals surface area contributed by atoms with Gasteiger partial charge < -0.3 is 4.90 Å². The van der Waals surface area contributed by atoms with E-state index in [4.69, 9.17) is 16.7 Å². The summed E-state index contributed by atoms with van der Waals surface area (Å²) in [5.41, 5.74) is 4.52. The molecule has 0 fully saturated rings. The van der Waals surface area contributed by atoms with Crippen molar-refractivity contribution < 1.29 is 4.79 Å². The molecule has 1 aliphatic heterocycles. The van der Waals surface area contributed by atoms with E-state index >= 15 is 0 Å². The molecule has 0 radical (unpaired) electrons. The first kappa shape index (κ1) is 19.9. The number of hydrogen-bond acceptors (Lipinski definition) is 3. The minimum atomic E-state index is 0.171. The number of rotatable bonds is 7. The van der Waals surface area contributed by atoms with E-state index in [1.807, 2.05) is 47.7 Å². The average Bonchev–Trinajstić information content (AvgIpc) is 3.03. The smallest absolute Gasteiger partial charge is 0.222 e. The van der Waals surface area contributed by atoms with Crippen LogP contribution in [0, 0.1) is 0 Å². The molecule has 0 N–H and O–H groups in total. The number of hydrogen-bond donors (Lipinski definition) is 0. The highest BCUT2D eigenvalue weighted by Gasteiger charge is 2.26. The van der Waals surface area contributed by atoms with Gasteiger partial charge in [-0.25, -0.2) is 4.68 Å². The van der Waals surface area contributed by atoms with Crippen LogP contribution >= 0.6 is 11.6 Å². The van der Waals surface area contributed by atoms with Gasteiger partial charge in [0.15, 0.2) is 0 Å². The van der Waals surface area contributed by atoms with E-state index in [0.717, 1.165) is 43.9 Å². The lowest BCUT2D eigenvalue weighted by atomic mass is 10.0. The van der Waals surface area contributed by atoms with Crippen molar-refractivity contribution in [1.29, 1.82) is 0 Å². The van der Waals surface area contributed by atoms with Crippen LogP contribution in [0.4, 0.5) is 0 Å². The lowest BCUT2D eigenvalue weighted by Gasteiger charge is -2.28. The molecule has 27 heavy (non-hydrogen) atoms. The van der Waals surface area contributed by atoms with Crippen LogP contribution in [-0.2, 0) is 24.3 Å². The van der Waals surface area contributed by atoms with Crippen molar-refractivity contribution in [3.05, 3.63) is 46.2 Å². The van der Waals surface area contributed by atoms with Crippen LogP contribution < -0.4 is 0 Å². The number of carbonyl (C=O) groups is 1. The van der Waals surface area contributed by atoms with E-state index in [0.29, 0.717) is 24.5 Å². The Hall–Kier alpha value is -1.85. The molecule has 0 saturated heterocycles. The van der Waals surface area contributed by atoms with Crippen molar-refractivity contribution in [3.63, 3.8) is 0 Å². The minimum Gasteiger partial charge on any atom is -0.337 e. The molecule has 1 aliphatic rings. The fraction of sp³-hybridized carbons (Fsp3) is 0.524. The van der Waals surface area contributed by atoms with E-state index in [2.05, 4.69) is 11.8 Å². The molecule has 1 amide bonds. The van der Waals surface area contributed by atoms with Crippen LogP contribution in [0.3, 0.4) is 0 Å². The zero-order chi connectivity index (χ0) is 19.4. The van der Waals surface area contributed by atoms with Gasteiger partial charge in [-0.1, -0.05) is 31.5 Å². The largest absolute Gasteiger partial charge is 0.337 e. The molecule has 0 atom stereocenters. The first-order valence-electron chi connectivity index (χ1n) is 9.93. The Kier molecular flexibility index (Phi) is 6.55. The first-order chi connectivity index (χ1) is 13.1. The lowest BCUT2D eigenvalue weighted by Crippen LogP contribution is -2.33. The quantitative estimate of drug-likeness (QED) is 0.718. The summed E-state index contributed by atoms with van der Waals surface area (Å²) in [7, 11) is 0. The van der Waals surface area contributed by atoms with Crippen molar-refractivity contribution in [2.24, 2.45) is 0 Å². The van der Waals surface area contributed by atoms with Crippen LogP contribution in [-0.4, -0.2) is 45.1 Å². The van der Waals surface area contributed by atoms with Gasteiger partial charge in [0, 0.05) is 43.1 Å². The standard InChI is InChI=1S/C21H29ClN4O/c1-4-11-24-12-10-20-18(14-24)19(15-25(6-3)21(27)5-2)23-26(20)17-9-7-8-16(22)13-17/h7-9,13H,4-6,10-12,14-15H2,1-3H3. The first-order valence-corrected chi connectivity index (χ1v) is 10.3. The second kappa shape index (κ2) is 8.89. The van der Waals surface area contributed by atoms with Gasteiger partial charge in [0.1, 0.15) is 0 Å². The Labute approximate surface area is 166 Å². The highest BCUT2D eigenvalue weighted by Crippen LogP contribution is 2.27. The topological polar surface area (TPSA) is 41.4 Å². The second-order valence-electron chi connectivity index (χ2n) is 7.05. The summed E-state index contributed by atoms with van der Waals surface area (Å²) in [5.74, 6) is 0.171. The summed E-state index contributed by atoms with van der Waals surface area (Å²) in [6, 6.07) is 7.82. The fourth-order valence-electron chi connectivity index (χ4n) is 3.78. The second-order valence-corrected chi connectivity index (χ2v) is 7.49.